The van der Waals surface area contributed by atoms with Gasteiger partial charge in [0.1, 0.15) is 0 Å². The van der Waals surface area contributed by atoms with Crippen LogP contribution < -0.4 is 10.2 Å². The second kappa shape index (κ2) is 9.18. The SMILES string of the molecule is CCCN(CC)c1cc(Cl)cc(C(=O)NCC2C(=O)N=C(C)C=C2C)c1C. The average Bonchev–Trinajstić information content (AvgIpc) is 2.60. The van der Waals surface area contributed by atoms with Gasteiger partial charge in [-0.15, -0.1) is 0 Å². The van der Waals surface area contributed by atoms with Crippen LogP contribution in [0.1, 0.15) is 50.0 Å². The van der Waals surface area contributed by atoms with E-state index >= 15 is 0 Å². The average molecular weight is 390 g/mol. The van der Waals surface area contributed by atoms with E-state index in [1.165, 1.54) is 0 Å². The molecule has 2 rings (SSSR count). The number of anilines is 1. The maximum absolute atomic E-state index is 12.8. The van der Waals surface area contributed by atoms with Gasteiger partial charge < -0.3 is 10.2 Å². The van der Waals surface area contributed by atoms with Gasteiger partial charge in [0.05, 0.1) is 5.92 Å². The number of nitrogens with zero attached hydrogens (tertiary/aromatic N) is 2. The van der Waals surface area contributed by atoms with Crippen molar-refractivity contribution in [3.63, 3.8) is 0 Å². The quantitative estimate of drug-likeness (QED) is 0.760. The molecule has 1 heterocycles. The van der Waals surface area contributed by atoms with Crippen molar-refractivity contribution in [3.05, 3.63) is 39.9 Å². The number of rotatable bonds is 7. The molecule has 1 aliphatic heterocycles. The van der Waals surface area contributed by atoms with E-state index in [4.69, 9.17) is 11.6 Å². The van der Waals surface area contributed by atoms with Crippen LogP contribution in [0, 0.1) is 12.8 Å². The predicted octanol–water partition coefficient (Wildman–Crippen LogP) is 4.18. The van der Waals surface area contributed by atoms with E-state index in [-0.39, 0.29) is 18.4 Å². The summed E-state index contributed by atoms with van der Waals surface area (Å²) in [5, 5.41) is 3.41. The highest BCUT2D eigenvalue weighted by Crippen LogP contribution is 2.28. The number of amides is 2. The van der Waals surface area contributed by atoms with E-state index in [2.05, 4.69) is 29.1 Å². The zero-order chi connectivity index (χ0) is 20.1. The molecule has 2 amide bonds. The normalized spacial score (nSPS) is 16.7. The van der Waals surface area contributed by atoms with Crippen LogP contribution in [0.25, 0.3) is 0 Å². The van der Waals surface area contributed by atoms with Crippen LogP contribution in [0.4, 0.5) is 5.69 Å². The van der Waals surface area contributed by atoms with Crippen molar-refractivity contribution in [1.29, 1.82) is 0 Å². The molecule has 5 nitrogen and oxygen atoms in total. The first-order valence-electron chi connectivity index (χ1n) is 9.39. The number of halogens is 1. The molecule has 0 spiro atoms. The van der Waals surface area contributed by atoms with Crippen LogP contribution in [0.2, 0.25) is 5.02 Å². The summed E-state index contributed by atoms with van der Waals surface area (Å²) in [7, 11) is 0. The van der Waals surface area contributed by atoms with Crippen molar-refractivity contribution in [1.82, 2.24) is 5.32 Å². The molecule has 0 saturated carbocycles. The molecule has 0 aromatic heterocycles. The Hall–Kier alpha value is -2.14. The summed E-state index contributed by atoms with van der Waals surface area (Å²) in [5.41, 5.74) is 4.02. The summed E-state index contributed by atoms with van der Waals surface area (Å²) in [6.45, 7) is 11.8. The maximum Gasteiger partial charge on any atom is 0.254 e. The number of carbonyl (C=O) groups excluding carboxylic acids is 2. The first-order valence-corrected chi connectivity index (χ1v) is 9.76. The molecule has 1 aromatic rings. The lowest BCUT2D eigenvalue weighted by molar-refractivity contribution is -0.120. The third kappa shape index (κ3) is 4.98. The molecule has 27 heavy (non-hydrogen) atoms. The number of benzene rings is 1. The van der Waals surface area contributed by atoms with Crippen molar-refractivity contribution < 1.29 is 9.59 Å². The molecule has 0 saturated heterocycles. The second-order valence-corrected chi connectivity index (χ2v) is 7.36. The highest BCUT2D eigenvalue weighted by Gasteiger charge is 2.25. The van der Waals surface area contributed by atoms with Gasteiger partial charge in [0.25, 0.3) is 11.8 Å². The van der Waals surface area contributed by atoms with E-state index in [1.807, 2.05) is 26.0 Å². The van der Waals surface area contributed by atoms with Gasteiger partial charge in [0, 0.05) is 41.6 Å². The molecule has 1 aliphatic rings. The molecule has 1 atom stereocenters. The number of nitrogens with one attached hydrogen (secondary N) is 1. The summed E-state index contributed by atoms with van der Waals surface area (Å²) in [6.07, 6.45) is 2.89. The third-order valence-corrected chi connectivity index (χ3v) is 5.06. The van der Waals surface area contributed by atoms with E-state index in [0.29, 0.717) is 16.3 Å². The highest BCUT2D eigenvalue weighted by molar-refractivity contribution is 6.31. The van der Waals surface area contributed by atoms with Crippen molar-refractivity contribution in [2.75, 3.05) is 24.5 Å². The number of aliphatic imine (C=N–C) groups is 1. The molecular formula is C21H28ClN3O2. The summed E-state index contributed by atoms with van der Waals surface area (Å²) in [6, 6.07) is 3.59. The Balaban J connectivity index is 2.20. The predicted molar refractivity (Wildman–Crippen MR) is 112 cm³/mol. The van der Waals surface area contributed by atoms with Crippen LogP contribution in [0.5, 0.6) is 0 Å². The number of hydrogen-bond donors (Lipinski definition) is 1. The van der Waals surface area contributed by atoms with Gasteiger partial charge in [0.15, 0.2) is 0 Å². The minimum absolute atomic E-state index is 0.212. The zero-order valence-corrected chi connectivity index (χ0v) is 17.5. The Kier molecular flexibility index (Phi) is 7.19. The van der Waals surface area contributed by atoms with Crippen molar-refractivity contribution >= 4 is 34.8 Å². The van der Waals surface area contributed by atoms with Gasteiger partial charge >= 0.3 is 0 Å². The zero-order valence-electron chi connectivity index (χ0n) is 16.7. The molecule has 0 fully saturated rings. The Morgan fingerprint density at radius 2 is 1.96 bits per heavy atom. The van der Waals surface area contributed by atoms with E-state index in [1.54, 1.807) is 13.0 Å². The Morgan fingerprint density at radius 3 is 2.56 bits per heavy atom. The van der Waals surface area contributed by atoms with E-state index in [0.717, 1.165) is 36.3 Å². The fourth-order valence-corrected chi connectivity index (χ4v) is 3.61. The van der Waals surface area contributed by atoms with E-state index in [9.17, 15) is 9.59 Å². The second-order valence-electron chi connectivity index (χ2n) is 6.92. The first-order chi connectivity index (χ1) is 12.8. The van der Waals surface area contributed by atoms with Crippen molar-refractivity contribution in [2.45, 2.75) is 41.0 Å². The molecule has 1 aromatic carbocycles. The van der Waals surface area contributed by atoms with Crippen LogP contribution in [0.15, 0.2) is 28.8 Å². The summed E-state index contributed by atoms with van der Waals surface area (Å²) >= 11 is 6.29. The molecule has 146 valence electrons. The van der Waals surface area contributed by atoms with Gasteiger partial charge in [-0.1, -0.05) is 24.1 Å². The molecule has 6 heteroatoms. The number of allylic oxidation sites excluding steroid dienone is 1. The third-order valence-electron chi connectivity index (χ3n) is 4.84. The summed E-state index contributed by atoms with van der Waals surface area (Å²) in [4.78, 5) is 31.1. The van der Waals surface area contributed by atoms with Gasteiger partial charge in [-0.05, 0) is 57.9 Å². The monoisotopic (exact) mass is 389 g/mol. The van der Waals surface area contributed by atoms with Crippen LogP contribution in [0.3, 0.4) is 0 Å². The topological polar surface area (TPSA) is 61.8 Å². The van der Waals surface area contributed by atoms with Crippen LogP contribution in [-0.2, 0) is 4.79 Å². The standard InChI is InChI=1S/C21H28ClN3O2/c1-6-8-25(7-2)19-11-16(22)10-17(15(19)5)20(26)23-12-18-13(3)9-14(4)24-21(18)27/h9-11,18H,6-8,12H2,1-5H3,(H,23,26). The Bertz CT molecular complexity index is 799. The molecule has 1 unspecified atom stereocenters. The molecule has 0 radical (unpaired) electrons. The molecule has 0 bridgehead atoms. The number of carbonyl (C=O) groups is 2. The van der Waals surface area contributed by atoms with E-state index < -0.39 is 5.92 Å². The summed E-state index contributed by atoms with van der Waals surface area (Å²) < 4.78 is 0. The van der Waals surface area contributed by atoms with Crippen molar-refractivity contribution in [2.24, 2.45) is 10.9 Å². The fraction of sp³-hybridized carbons (Fsp3) is 0.476. The lowest BCUT2D eigenvalue weighted by Gasteiger charge is -2.26. The largest absolute Gasteiger partial charge is 0.372 e. The summed E-state index contributed by atoms with van der Waals surface area (Å²) in [5.74, 6) is -0.851. The minimum Gasteiger partial charge on any atom is -0.372 e. The van der Waals surface area contributed by atoms with Crippen LogP contribution in [-0.4, -0.2) is 37.2 Å². The fourth-order valence-electron chi connectivity index (χ4n) is 3.39. The van der Waals surface area contributed by atoms with Gasteiger partial charge in [-0.3, -0.25) is 9.59 Å². The smallest absolute Gasteiger partial charge is 0.254 e. The molecule has 1 N–H and O–H groups in total. The maximum atomic E-state index is 12.8. The minimum atomic E-state index is -0.413. The van der Waals surface area contributed by atoms with Gasteiger partial charge in [-0.25, -0.2) is 4.99 Å². The van der Waals surface area contributed by atoms with Gasteiger partial charge in [-0.2, -0.15) is 0 Å². The Labute approximate surface area is 166 Å². The van der Waals surface area contributed by atoms with Crippen LogP contribution >= 0.6 is 11.6 Å². The Morgan fingerprint density at radius 1 is 1.26 bits per heavy atom. The number of hydrogen-bond acceptors (Lipinski definition) is 3. The lowest BCUT2D eigenvalue weighted by atomic mass is 9.95. The molecule has 0 aliphatic carbocycles. The van der Waals surface area contributed by atoms with Crippen molar-refractivity contribution in [3.8, 4) is 0 Å². The van der Waals surface area contributed by atoms with Gasteiger partial charge in [0.2, 0.25) is 0 Å². The highest BCUT2D eigenvalue weighted by atomic mass is 35.5. The number of dihydropyridines is 1. The lowest BCUT2D eigenvalue weighted by Crippen LogP contribution is -2.35. The molecular weight excluding hydrogens is 362 g/mol. The first kappa shape index (κ1) is 21.2.